The van der Waals surface area contributed by atoms with Gasteiger partial charge in [0.15, 0.2) is 0 Å². The normalized spacial score (nSPS) is 17.3. The topological polar surface area (TPSA) is 57.6 Å². The Morgan fingerprint density at radius 2 is 2.25 bits per heavy atom. The molecule has 5 heteroatoms. The number of rotatable bonds is 7. The minimum absolute atomic E-state index is 0.113. The van der Waals surface area contributed by atoms with Gasteiger partial charge < -0.3 is 15.2 Å². The summed E-state index contributed by atoms with van der Waals surface area (Å²) in [7, 11) is 0. The average molecular weight is 279 g/mol. The molecule has 0 atom stereocenters. The summed E-state index contributed by atoms with van der Waals surface area (Å²) in [4.78, 5) is 6.84. The number of aliphatic hydroxyl groups is 1. The van der Waals surface area contributed by atoms with Crippen molar-refractivity contribution in [3.63, 3.8) is 0 Å². The SMILES string of the molecule is CCNc1ncccc1CN1CCC(OCCO)CC1. The average Bonchev–Trinajstić information content (AvgIpc) is 2.49. The second-order valence-electron chi connectivity index (χ2n) is 5.11. The smallest absolute Gasteiger partial charge is 0.130 e. The van der Waals surface area contributed by atoms with E-state index in [1.54, 1.807) is 0 Å². The summed E-state index contributed by atoms with van der Waals surface area (Å²) in [6.45, 7) is 6.55. The molecule has 0 spiro atoms. The Morgan fingerprint density at radius 3 is 2.95 bits per heavy atom. The molecule has 0 saturated carbocycles. The Kier molecular flexibility index (Phi) is 6.24. The molecule has 5 nitrogen and oxygen atoms in total. The van der Waals surface area contributed by atoms with E-state index in [1.165, 1.54) is 5.56 Å². The van der Waals surface area contributed by atoms with Crippen LogP contribution in [0.15, 0.2) is 18.3 Å². The minimum Gasteiger partial charge on any atom is -0.394 e. The van der Waals surface area contributed by atoms with Crippen molar-refractivity contribution in [1.82, 2.24) is 9.88 Å². The van der Waals surface area contributed by atoms with Crippen molar-refractivity contribution in [2.45, 2.75) is 32.4 Å². The zero-order valence-electron chi connectivity index (χ0n) is 12.2. The van der Waals surface area contributed by atoms with E-state index in [0.717, 1.165) is 44.8 Å². The van der Waals surface area contributed by atoms with Crippen molar-refractivity contribution in [3.05, 3.63) is 23.9 Å². The summed E-state index contributed by atoms with van der Waals surface area (Å²) in [5.74, 6) is 0.994. The molecule has 1 aliphatic rings. The van der Waals surface area contributed by atoms with Gasteiger partial charge in [-0.25, -0.2) is 4.98 Å². The van der Waals surface area contributed by atoms with E-state index in [9.17, 15) is 0 Å². The molecule has 0 amide bonds. The highest BCUT2D eigenvalue weighted by Gasteiger charge is 2.20. The first-order valence-corrected chi connectivity index (χ1v) is 7.46. The van der Waals surface area contributed by atoms with Crippen LogP contribution in [0.1, 0.15) is 25.3 Å². The van der Waals surface area contributed by atoms with Gasteiger partial charge in [0.05, 0.1) is 19.3 Å². The predicted octanol–water partition coefficient (Wildman–Crippen LogP) is 1.49. The zero-order chi connectivity index (χ0) is 14.2. The number of nitrogens with zero attached hydrogens (tertiary/aromatic N) is 2. The van der Waals surface area contributed by atoms with Crippen molar-refractivity contribution in [3.8, 4) is 0 Å². The Balaban J connectivity index is 1.83. The summed E-state index contributed by atoms with van der Waals surface area (Å²) in [5.41, 5.74) is 1.25. The van der Waals surface area contributed by atoms with Crippen LogP contribution in [0.25, 0.3) is 0 Å². The summed E-state index contributed by atoms with van der Waals surface area (Å²) in [6, 6.07) is 4.13. The van der Waals surface area contributed by atoms with Crippen LogP contribution in [-0.2, 0) is 11.3 Å². The van der Waals surface area contributed by atoms with Gasteiger partial charge in [0, 0.05) is 37.9 Å². The molecule has 1 aromatic rings. The molecule has 0 unspecified atom stereocenters. The van der Waals surface area contributed by atoms with Crippen LogP contribution < -0.4 is 5.32 Å². The lowest BCUT2D eigenvalue weighted by Gasteiger charge is -2.32. The quantitative estimate of drug-likeness (QED) is 0.792. The highest BCUT2D eigenvalue weighted by Crippen LogP contribution is 2.19. The van der Waals surface area contributed by atoms with Gasteiger partial charge >= 0.3 is 0 Å². The number of aliphatic hydroxyl groups excluding tert-OH is 1. The zero-order valence-corrected chi connectivity index (χ0v) is 12.2. The second-order valence-corrected chi connectivity index (χ2v) is 5.11. The number of ether oxygens (including phenoxy) is 1. The fraction of sp³-hybridized carbons (Fsp3) is 0.667. The van der Waals surface area contributed by atoms with Crippen molar-refractivity contribution in [2.24, 2.45) is 0 Å². The third-order valence-corrected chi connectivity index (χ3v) is 3.61. The number of hydrogen-bond donors (Lipinski definition) is 2. The largest absolute Gasteiger partial charge is 0.394 e. The molecule has 0 radical (unpaired) electrons. The van der Waals surface area contributed by atoms with Gasteiger partial charge in [0.2, 0.25) is 0 Å². The Labute approximate surface area is 121 Å². The molecule has 1 saturated heterocycles. The first-order valence-electron chi connectivity index (χ1n) is 7.46. The molecule has 0 bridgehead atoms. The van der Waals surface area contributed by atoms with Crippen LogP contribution in [0.4, 0.5) is 5.82 Å². The molecule has 1 aromatic heterocycles. The number of anilines is 1. The summed E-state index contributed by atoms with van der Waals surface area (Å²) < 4.78 is 5.59. The fourth-order valence-corrected chi connectivity index (χ4v) is 2.59. The van der Waals surface area contributed by atoms with Crippen LogP contribution in [-0.4, -0.2) is 53.9 Å². The van der Waals surface area contributed by atoms with Crippen LogP contribution in [0, 0.1) is 0 Å². The number of hydrogen-bond acceptors (Lipinski definition) is 5. The lowest BCUT2D eigenvalue weighted by molar-refractivity contribution is -0.00899. The molecule has 2 rings (SSSR count). The van der Waals surface area contributed by atoms with Crippen molar-refractivity contribution in [2.75, 3.05) is 38.2 Å². The lowest BCUT2D eigenvalue weighted by atomic mass is 10.1. The van der Waals surface area contributed by atoms with Crippen molar-refractivity contribution < 1.29 is 9.84 Å². The van der Waals surface area contributed by atoms with Gasteiger partial charge in [-0.1, -0.05) is 6.07 Å². The number of nitrogens with one attached hydrogen (secondary N) is 1. The standard InChI is InChI=1S/C15H25N3O2/c1-2-16-15-13(4-3-7-17-15)12-18-8-5-14(6-9-18)20-11-10-19/h3-4,7,14,19H,2,5-6,8-12H2,1H3,(H,16,17). The molecule has 1 aliphatic heterocycles. The minimum atomic E-state index is 0.113. The van der Waals surface area contributed by atoms with Gasteiger partial charge in [0.1, 0.15) is 5.82 Å². The summed E-state index contributed by atoms with van der Waals surface area (Å²) >= 11 is 0. The van der Waals surface area contributed by atoms with Crippen LogP contribution in [0.3, 0.4) is 0 Å². The van der Waals surface area contributed by atoms with Gasteiger partial charge in [-0.05, 0) is 25.8 Å². The molecule has 1 fully saturated rings. The van der Waals surface area contributed by atoms with E-state index >= 15 is 0 Å². The molecule has 2 N–H and O–H groups in total. The lowest BCUT2D eigenvalue weighted by Crippen LogP contribution is -2.37. The molecule has 0 aromatic carbocycles. The molecule has 0 aliphatic carbocycles. The number of aromatic nitrogens is 1. The maximum atomic E-state index is 8.78. The van der Waals surface area contributed by atoms with Gasteiger partial charge in [0.25, 0.3) is 0 Å². The van der Waals surface area contributed by atoms with Crippen LogP contribution >= 0.6 is 0 Å². The van der Waals surface area contributed by atoms with E-state index in [2.05, 4.69) is 28.2 Å². The number of pyridine rings is 1. The second kappa shape index (κ2) is 8.19. The fourth-order valence-electron chi connectivity index (χ4n) is 2.59. The Morgan fingerprint density at radius 1 is 1.45 bits per heavy atom. The first-order chi connectivity index (χ1) is 9.83. The number of piperidine rings is 1. The van der Waals surface area contributed by atoms with Gasteiger partial charge in [-0.2, -0.15) is 0 Å². The summed E-state index contributed by atoms with van der Waals surface area (Å²) in [5, 5.41) is 12.1. The van der Waals surface area contributed by atoms with Crippen molar-refractivity contribution in [1.29, 1.82) is 0 Å². The van der Waals surface area contributed by atoms with Gasteiger partial charge in [-0.15, -0.1) is 0 Å². The third-order valence-electron chi connectivity index (χ3n) is 3.61. The van der Waals surface area contributed by atoms with E-state index in [-0.39, 0.29) is 6.61 Å². The summed E-state index contributed by atoms with van der Waals surface area (Å²) in [6.07, 6.45) is 4.21. The predicted molar refractivity (Wildman–Crippen MR) is 79.7 cm³/mol. The Hall–Kier alpha value is -1.17. The van der Waals surface area contributed by atoms with E-state index in [1.807, 2.05) is 12.3 Å². The molecular formula is C15H25N3O2. The third kappa shape index (κ3) is 4.44. The van der Waals surface area contributed by atoms with E-state index < -0.39 is 0 Å². The van der Waals surface area contributed by atoms with E-state index in [4.69, 9.17) is 9.84 Å². The maximum absolute atomic E-state index is 8.78. The highest BCUT2D eigenvalue weighted by molar-refractivity contribution is 5.43. The molecule has 20 heavy (non-hydrogen) atoms. The maximum Gasteiger partial charge on any atom is 0.130 e. The van der Waals surface area contributed by atoms with E-state index in [0.29, 0.717) is 12.7 Å². The monoisotopic (exact) mass is 279 g/mol. The molecule has 2 heterocycles. The van der Waals surface area contributed by atoms with Crippen molar-refractivity contribution >= 4 is 5.82 Å². The Bertz CT molecular complexity index is 392. The molecule has 112 valence electrons. The first kappa shape index (κ1) is 15.2. The van der Waals surface area contributed by atoms with Crippen LogP contribution in [0.2, 0.25) is 0 Å². The number of likely N-dealkylation sites (tertiary alicyclic amines) is 1. The highest BCUT2D eigenvalue weighted by atomic mass is 16.5. The van der Waals surface area contributed by atoms with Gasteiger partial charge in [-0.3, -0.25) is 4.90 Å². The molecular weight excluding hydrogens is 254 g/mol. The van der Waals surface area contributed by atoms with Crippen LogP contribution in [0.5, 0.6) is 0 Å².